The second-order valence-electron chi connectivity index (χ2n) is 5.62. The Bertz CT molecular complexity index is 391. The van der Waals surface area contributed by atoms with Crippen LogP contribution in [0.4, 0.5) is 0 Å². The number of nitrogens with one attached hydrogen (secondary N) is 1. The highest BCUT2D eigenvalue weighted by Crippen LogP contribution is 2.25. The molecule has 0 radical (unpaired) electrons. The molecule has 0 saturated heterocycles. The molecule has 0 aromatic heterocycles. The third kappa shape index (κ3) is 6.35. The maximum atomic E-state index is 12.0. The second-order valence-corrected chi connectivity index (χ2v) is 7.48. The van der Waals surface area contributed by atoms with Gasteiger partial charge >= 0.3 is 5.97 Å². The summed E-state index contributed by atoms with van der Waals surface area (Å²) in [5.74, 6) is -0.0693. The Labute approximate surface area is 116 Å². The third-order valence-corrected chi connectivity index (χ3v) is 5.05. The predicted octanol–water partition coefficient (Wildman–Crippen LogP) is 0.998. The van der Waals surface area contributed by atoms with Crippen molar-refractivity contribution in [2.24, 2.45) is 11.3 Å². The fourth-order valence-corrected chi connectivity index (χ4v) is 2.17. The van der Waals surface area contributed by atoms with E-state index in [4.69, 9.17) is 0 Å². The first kappa shape index (κ1) is 18.3. The van der Waals surface area contributed by atoms with Gasteiger partial charge in [-0.25, -0.2) is 4.72 Å². The third-order valence-electron chi connectivity index (χ3n) is 3.54. The Kier molecular flexibility index (Phi) is 6.96. The number of nitrogens with zero attached hydrogens (tertiary/aromatic N) is 1. The van der Waals surface area contributed by atoms with Crippen molar-refractivity contribution in [1.29, 1.82) is 0 Å². The van der Waals surface area contributed by atoms with E-state index >= 15 is 0 Å². The minimum Gasteiger partial charge on any atom is -0.469 e. The number of rotatable bonds is 8. The van der Waals surface area contributed by atoms with Crippen LogP contribution in [0, 0.1) is 11.3 Å². The summed E-state index contributed by atoms with van der Waals surface area (Å²) in [4.78, 5) is 11.0. The fourth-order valence-electron chi connectivity index (χ4n) is 1.06. The first-order chi connectivity index (χ1) is 8.53. The summed E-state index contributed by atoms with van der Waals surface area (Å²) in [6.45, 7) is 8.58. The number of hydrogen-bond acceptors (Lipinski definition) is 4. The topological polar surface area (TPSA) is 75.7 Å². The van der Waals surface area contributed by atoms with Crippen molar-refractivity contribution in [2.75, 3.05) is 27.2 Å². The van der Waals surface area contributed by atoms with Gasteiger partial charge in [0.15, 0.2) is 0 Å². The highest BCUT2D eigenvalue weighted by Gasteiger charge is 2.26. The Morgan fingerprint density at radius 3 is 2.32 bits per heavy atom. The molecule has 0 aliphatic rings. The maximum absolute atomic E-state index is 12.0. The monoisotopic (exact) mass is 294 g/mol. The van der Waals surface area contributed by atoms with Gasteiger partial charge in [0.2, 0.25) is 0 Å². The summed E-state index contributed by atoms with van der Waals surface area (Å²) < 4.78 is 32.1. The molecule has 0 aromatic rings. The number of carbonyl (C=O) groups is 1. The molecule has 19 heavy (non-hydrogen) atoms. The summed E-state index contributed by atoms with van der Waals surface area (Å²) >= 11 is 0. The Hall–Kier alpha value is -0.660. The first-order valence-electron chi connectivity index (χ1n) is 6.30. The predicted molar refractivity (Wildman–Crippen MR) is 74.8 cm³/mol. The molecule has 0 saturated carbocycles. The molecule has 6 nitrogen and oxygen atoms in total. The van der Waals surface area contributed by atoms with Gasteiger partial charge in [0.05, 0.1) is 13.5 Å². The van der Waals surface area contributed by atoms with Gasteiger partial charge < -0.3 is 4.74 Å². The summed E-state index contributed by atoms with van der Waals surface area (Å²) in [6, 6.07) is 0. The molecule has 0 aliphatic heterocycles. The van der Waals surface area contributed by atoms with Crippen LogP contribution in [-0.2, 0) is 19.7 Å². The lowest BCUT2D eigenvalue weighted by molar-refractivity contribution is -0.140. The molecule has 114 valence electrons. The summed E-state index contributed by atoms with van der Waals surface area (Å²) in [7, 11) is -0.839. The molecule has 0 aliphatic carbocycles. The van der Waals surface area contributed by atoms with Gasteiger partial charge in [0, 0.05) is 20.1 Å². The van der Waals surface area contributed by atoms with Crippen LogP contribution in [0.2, 0.25) is 0 Å². The number of hydrogen-bond donors (Lipinski definition) is 1. The van der Waals surface area contributed by atoms with Gasteiger partial charge in [-0.15, -0.1) is 0 Å². The van der Waals surface area contributed by atoms with Crippen molar-refractivity contribution >= 4 is 16.2 Å². The molecule has 1 N–H and O–H groups in total. The van der Waals surface area contributed by atoms with Crippen molar-refractivity contribution < 1.29 is 17.9 Å². The molecule has 0 atom stereocenters. The van der Waals surface area contributed by atoms with E-state index in [0.29, 0.717) is 12.5 Å². The number of carbonyl (C=O) groups excluding carboxylic acids is 1. The maximum Gasteiger partial charge on any atom is 0.306 e. The zero-order chi connectivity index (χ0) is 15.3. The smallest absolute Gasteiger partial charge is 0.306 e. The van der Waals surface area contributed by atoms with Gasteiger partial charge in [-0.3, -0.25) is 4.79 Å². The van der Waals surface area contributed by atoms with Gasteiger partial charge in [-0.1, -0.05) is 27.7 Å². The Morgan fingerprint density at radius 1 is 1.37 bits per heavy atom. The lowest BCUT2D eigenvalue weighted by atomic mass is 9.81. The van der Waals surface area contributed by atoms with E-state index in [9.17, 15) is 13.2 Å². The SMILES string of the molecule is COC(=O)CCN(C)S(=O)(=O)NCC(C)(C)C(C)C. The normalized spacial score (nSPS) is 13.1. The lowest BCUT2D eigenvalue weighted by Gasteiger charge is -2.30. The second kappa shape index (κ2) is 7.21. The molecule has 0 rings (SSSR count). The highest BCUT2D eigenvalue weighted by molar-refractivity contribution is 7.87. The van der Waals surface area contributed by atoms with E-state index in [2.05, 4.69) is 23.3 Å². The van der Waals surface area contributed by atoms with Crippen molar-refractivity contribution in [3.05, 3.63) is 0 Å². The number of ether oxygens (including phenoxy) is 1. The minimum absolute atomic E-state index is 0.0431. The molecule has 0 bridgehead atoms. The van der Waals surface area contributed by atoms with Gasteiger partial charge in [0.25, 0.3) is 10.2 Å². The van der Waals surface area contributed by atoms with Gasteiger partial charge in [-0.05, 0) is 11.3 Å². The van der Waals surface area contributed by atoms with Crippen LogP contribution in [0.15, 0.2) is 0 Å². The van der Waals surface area contributed by atoms with Crippen molar-refractivity contribution in [3.63, 3.8) is 0 Å². The number of esters is 1. The summed E-state index contributed by atoms with van der Waals surface area (Å²) in [5.41, 5.74) is -0.129. The first-order valence-corrected chi connectivity index (χ1v) is 7.74. The van der Waals surface area contributed by atoms with Crippen LogP contribution in [-0.4, -0.2) is 45.9 Å². The van der Waals surface area contributed by atoms with Gasteiger partial charge in [-0.2, -0.15) is 12.7 Å². The molecule has 0 aromatic carbocycles. The quantitative estimate of drug-likeness (QED) is 0.678. The van der Waals surface area contributed by atoms with E-state index in [1.165, 1.54) is 14.2 Å². The van der Waals surface area contributed by atoms with Crippen LogP contribution < -0.4 is 4.72 Å². The van der Waals surface area contributed by atoms with Gasteiger partial charge in [0.1, 0.15) is 0 Å². The Balaban J connectivity index is 4.43. The fraction of sp³-hybridized carbons (Fsp3) is 0.917. The lowest BCUT2D eigenvalue weighted by Crippen LogP contribution is -2.44. The van der Waals surface area contributed by atoms with Crippen LogP contribution in [0.3, 0.4) is 0 Å². The molecule has 0 unspecified atom stereocenters. The van der Waals surface area contributed by atoms with E-state index in [1.54, 1.807) is 0 Å². The zero-order valence-corrected chi connectivity index (χ0v) is 13.5. The molecule has 0 heterocycles. The molecule has 7 heteroatoms. The van der Waals surface area contributed by atoms with E-state index in [-0.39, 0.29) is 18.4 Å². The number of methoxy groups -OCH3 is 1. The van der Waals surface area contributed by atoms with Crippen LogP contribution in [0.5, 0.6) is 0 Å². The van der Waals surface area contributed by atoms with E-state index in [1.807, 2.05) is 13.8 Å². The minimum atomic E-state index is -3.56. The average Bonchev–Trinajstić information content (AvgIpc) is 2.32. The molecule has 0 spiro atoms. The standard InChI is InChI=1S/C12H26N2O4S/c1-10(2)12(3,4)9-13-19(16,17)14(5)8-7-11(15)18-6/h10,13H,7-9H2,1-6H3. The highest BCUT2D eigenvalue weighted by atomic mass is 32.2. The van der Waals surface area contributed by atoms with Crippen molar-refractivity contribution in [3.8, 4) is 0 Å². The zero-order valence-electron chi connectivity index (χ0n) is 12.7. The molecular weight excluding hydrogens is 268 g/mol. The molecular formula is C12H26N2O4S. The molecule has 0 amide bonds. The van der Waals surface area contributed by atoms with Crippen molar-refractivity contribution in [2.45, 2.75) is 34.1 Å². The average molecular weight is 294 g/mol. The molecule has 0 fully saturated rings. The Morgan fingerprint density at radius 2 is 1.89 bits per heavy atom. The van der Waals surface area contributed by atoms with Crippen LogP contribution in [0.25, 0.3) is 0 Å². The van der Waals surface area contributed by atoms with E-state index in [0.717, 1.165) is 4.31 Å². The van der Waals surface area contributed by atoms with Crippen LogP contribution in [0.1, 0.15) is 34.1 Å². The van der Waals surface area contributed by atoms with Crippen LogP contribution >= 0.6 is 0 Å². The largest absolute Gasteiger partial charge is 0.469 e. The summed E-state index contributed by atoms with van der Waals surface area (Å²) in [5, 5.41) is 0. The summed E-state index contributed by atoms with van der Waals surface area (Å²) in [6.07, 6.45) is 0.0431. The van der Waals surface area contributed by atoms with Crippen molar-refractivity contribution in [1.82, 2.24) is 9.03 Å². The van der Waals surface area contributed by atoms with E-state index < -0.39 is 16.2 Å².